The number of phenolic OH excluding ortho intramolecular Hbond substituents is 1. The zero-order valence-electron chi connectivity index (χ0n) is 17.7. The van der Waals surface area contributed by atoms with Gasteiger partial charge >= 0.3 is 5.97 Å². The van der Waals surface area contributed by atoms with Crippen molar-refractivity contribution in [1.29, 1.82) is 0 Å². The Morgan fingerprint density at radius 1 is 1.06 bits per heavy atom. The summed E-state index contributed by atoms with van der Waals surface area (Å²) in [6.07, 6.45) is 0.0801. The van der Waals surface area contributed by atoms with E-state index in [0.717, 1.165) is 16.8 Å². The molecular weight excluding hydrogens is 408 g/mol. The van der Waals surface area contributed by atoms with Crippen molar-refractivity contribution in [3.63, 3.8) is 0 Å². The maximum absolute atomic E-state index is 11.8. The summed E-state index contributed by atoms with van der Waals surface area (Å²) in [5, 5.41) is 17.1. The standard InChI is InChI=1S/C25H22N2O5/c1-30-22-9-5-7-18-20-14-19(17-6-3-4-8-21(17)28)26-27(20)24(32-23(18)22)15-10-12-16(13-11-15)25(29)31-2/h3-13,20,24,28H,14H2,1-2H3/t20-,24-/m1/s1. The SMILES string of the molecule is COC(=O)c1ccc([C@H]2Oc3c(OC)cccc3[C@H]3CC(c4ccccc4O)=NN32)cc1. The molecule has 1 N–H and O–H groups in total. The molecule has 2 aliphatic rings. The van der Waals surface area contributed by atoms with Gasteiger partial charge in [0.05, 0.1) is 31.5 Å². The lowest BCUT2D eigenvalue weighted by molar-refractivity contribution is -0.0209. The Labute approximate surface area is 185 Å². The average molecular weight is 430 g/mol. The first-order valence-corrected chi connectivity index (χ1v) is 10.3. The zero-order chi connectivity index (χ0) is 22.2. The van der Waals surface area contributed by atoms with Crippen molar-refractivity contribution in [2.75, 3.05) is 14.2 Å². The highest BCUT2D eigenvalue weighted by Crippen LogP contribution is 2.51. The third-order valence-electron chi connectivity index (χ3n) is 5.83. The van der Waals surface area contributed by atoms with Crippen LogP contribution in [0.25, 0.3) is 0 Å². The van der Waals surface area contributed by atoms with Crippen molar-refractivity contribution in [1.82, 2.24) is 5.01 Å². The van der Waals surface area contributed by atoms with E-state index in [2.05, 4.69) is 0 Å². The molecule has 0 fully saturated rings. The Balaban J connectivity index is 1.59. The molecule has 0 bridgehead atoms. The summed E-state index contributed by atoms with van der Waals surface area (Å²) >= 11 is 0. The molecule has 0 aromatic heterocycles. The van der Waals surface area contributed by atoms with Crippen LogP contribution in [-0.2, 0) is 4.74 Å². The molecule has 7 heteroatoms. The molecule has 5 rings (SSSR count). The number of aromatic hydroxyl groups is 1. The summed E-state index contributed by atoms with van der Waals surface area (Å²) in [5.74, 6) is 1.12. The molecule has 2 atom stereocenters. The second-order valence-corrected chi connectivity index (χ2v) is 7.63. The molecule has 0 spiro atoms. The quantitative estimate of drug-likeness (QED) is 0.617. The number of carbonyl (C=O) groups excluding carboxylic acids is 1. The van der Waals surface area contributed by atoms with Crippen LogP contribution in [0, 0.1) is 0 Å². The number of rotatable bonds is 4. The zero-order valence-corrected chi connectivity index (χ0v) is 17.7. The molecule has 0 saturated heterocycles. The predicted octanol–water partition coefficient (Wildman–Crippen LogP) is 4.43. The van der Waals surface area contributed by atoms with Gasteiger partial charge in [0, 0.05) is 23.1 Å². The fourth-order valence-corrected chi connectivity index (χ4v) is 4.25. The van der Waals surface area contributed by atoms with E-state index in [0.29, 0.717) is 29.0 Å². The van der Waals surface area contributed by atoms with Crippen LogP contribution in [0.1, 0.15) is 45.7 Å². The molecule has 3 aromatic carbocycles. The van der Waals surface area contributed by atoms with Gasteiger partial charge in [0.1, 0.15) is 5.75 Å². The van der Waals surface area contributed by atoms with Crippen LogP contribution < -0.4 is 9.47 Å². The molecule has 0 aliphatic carbocycles. The minimum atomic E-state index is -0.529. The van der Waals surface area contributed by atoms with E-state index in [4.69, 9.17) is 19.3 Å². The average Bonchev–Trinajstić information content (AvgIpc) is 3.28. The molecule has 0 unspecified atom stereocenters. The maximum Gasteiger partial charge on any atom is 0.337 e. The van der Waals surface area contributed by atoms with Crippen LogP contribution >= 0.6 is 0 Å². The third kappa shape index (κ3) is 3.22. The number of ether oxygens (including phenoxy) is 3. The first kappa shape index (κ1) is 19.9. The van der Waals surface area contributed by atoms with E-state index >= 15 is 0 Å². The van der Waals surface area contributed by atoms with Crippen LogP contribution in [0.15, 0.2) is 71.8 Å². The molecule has 2 aliphatic heterocycles. The summed E-state index contributed by atoms with van der Waals surface area (Å²) in [6, 6.07) is 20.0. The van der Waals surface area contributed by atoms with E-state index in [9.17, 15) is 9.90 Å². The molecule has 0 saturated carbocycles. The highest BCUT2D eigenvalue weighted by atomic mass is 16.5. The van der Waals surface area contributed by atoms with Gasteiger partial charge in [0.15, 0.2) is 11.5 Å². The van der Waals surface area contributed by atoms with E-state index in [1.165, 1.54) is 7.11 Å². The fourth-order valence-electron chi connectivity index (χ4n) is 4.25. The number of methoxy groups -OCH3 is 2. The van der Waals surface area contributed by atoms with E-state index in [-0.39, 0.29) is 11.8 Å². The Kier molecular flexibility index (Phi) is 4.93. The van der Waals surface area contributed by atoms with Gasteiger partial charge in [-0.25, -0.2) is 9.80 Å². The van der Waals surface area contributed by atoms with Crippen molar-refractivity contribution in [2.24, 2.45) is 5.10 Å². The minimum absolute atomic E-state index is 0.0891. The Hall–Kier alpha value is -4.00. The predicted molar refractivity (Wildman–Crippen MR) is 118 cm³/mol. The van der Waals surface area contributed by atoms with Crippen LogP contribution in [0.4, 0.5) is 0 Å². The van der Waals surface area contributed by atoms with Gasteiger partial charge in [-0.05, 0) is 30.3 Å². The highest BCUT2D eigenvalue weighted by Gasteiger charge is 2.42. The maximum atomic E-state index is 11.8. The molecule has 7 nitrogen and oxygen atoms in total. The van der Waals surface area contributed by atoms with Gasteiger partial charge in [-0.3, -0.25) is 0 Å². The molecule has 32 heavy (non-hydrogen) atoms. The van der Waals surface area contributed by atoms with E-state index in [1.807, 2.05) is 47.5 Å². The van der Waals surface area contributed by atoms with Gasteiger partial charge in [0.25, 0.3) is 0 Å². The summed E-state index contributed by atoms with van der Waals surface area (Å²) in [7, 11) is 2.97. The summed E-state index contributed by atoms with van der Waals surface area (Å²) < 4.78 is 16.8. The van der Waals surface area contributed by atoms with E-state index in [1.54, 1.807) is 31.4 Å². The van der Waals surface area contributed by atoms with Crippen molar-refractivity contribution in [3.8, 4) is 17.2 Å². The molecule has 0 amide bonds. The molecule has 2 heterocycles. The minimum Gasteiger partial charge on any atom is -0.507 e. The summed E-state index contributed by atoms with van der Waals surface area (Å²) in [6.45, 7) is 0. The van der Waals surface area contributed by atoms with Gasteiger partial charge in [-0.15, -0.1) is 0 Å². The lowest BCUT2D eigenvalue weighted by Crippen LogP contribution is -2.33. The second-order valence-electron chi connectivity index (χ2n) is 7.63. The smallest absolute Gasteiger partial charge is 0.337 e. The third-order valence-corrected chi connectivity index (χ3v) is 5.83. The fraction of sp³-hybridized carbons (Fsp3) is 0.200. The first-order valence-electron chi connectivity index (χ1n) is 10.3. The first-order chi connectivity index (χ1) is 15.6. The van der Waals surface area contributed by atoms with Crippen molar-refractivity contribution in [3.05, 3.63) is 89.0 Å². The number of nitrogens with zero attached hydrogens (tertiary/aromatic N) is 2. The number of hydrogen-bond donors (Lipinski definition) is 1. The Morgan fingerprint density at radius 3 is 2.56 bits per heavy atom. The normalized spacial score (nSPS) is 18.8. The highest BCUT2D eigenvalue weighted by molar-refractivity contribution is 6.04. The number of esters is 1. The van der Waals surface area contributed by atoms with Crippen LogP contribution in [0.2, 0.25) is 0 Å². The Morgan fingerprint density at radius 2 is 1.84 bits per heavy atom. The molecule has 3 aromatic rings. The Bertz CT molecular complexity index is 1210. The van der Waals surface area contributed by atoms with Crippen molar-refractivity contribution in [2.45, 2.75) is 18.7 Å². The largest absolute Gasteiger partial charge is 0.507 e. The number of hydrazone groups is 1. The van der Waals surface area contributed by atoms with Crippen molar-refractivity contribution >= 4 is 11.7 Å². The van der Waals surface area contributed by atoms with Gasteiger partial charge in [0.2, 0.25) is 6.23 Å². The van der Waals surface area contributed by atoms with Gasteiger partial charge < -0.3 is 19.3 Å². The number of benzene rings is 3. The van der Waals surface area contributed by atoms with E-state index < -0.39 is 12.2 Å². The topological polar surface area (TPSA) is 80.6 Å². The van der Waals surface area contributed by atoms with Crippen LogP contribution in [0.5, 0.6) is 17.2 Å². The monoisotopic (exact) mass is 430 g/mol. The second kappa shape index (κ2) is 7.92. The molecule has 0 radical (unpaired) electrons. The number of fused-ring (bicyclic) bond motifs is 3. The molecular formula is C25H22N2O5. The number of hydrogen-bond acceptors (Lipinski definition) is 7. The van der Waals surface area contributed by atoms with Crippen LogP contribution in [-0.4, -0.2) is 36.0 Å². The lowest BCUT2D eigenvalue weighted by Gasteiger charge is -2.38. The van der Waals surface area contributed by atoms with Gasteiger partial charge in [-0.2, -0.15) is 5.10 Å². The van der Waals surface area contributed by atoms with Crippen molar-refractivity contribution < 1.29 is 24.1 Å². The lowest BCUT2D eigenvalue weighted by atomic mass is 9.95. The van der Waals surface area contributed by atoms with Crippen LogP contribution in [0.3, 0.4) is 0 Å². The summed E-state index contributed by atoms with van der Waals surface area (Å²) in [5.41, 5.74) is 3.75. The number of para-hydroxylation sites is 2. The molecule has 162 valence electrons. The summed E-state index contributed by atoms with van der Waals surface area (Å²) in [4.78, 5) is 11.8. The number of carbonyl (C=O) groups is 1. The van der Waals surface area contributed by atoms with Gasteiger partial charge in [-0.1, -0.05) is 36.4 Å². The number of phenols is 1.